The largest absolute Gasteiger partial charge is 0.360 e. The highest BCUT2D eigenvalue weighted by molar-refractivity contribution is 7.91. The van der Waals surface area contributed by atoms with E-state index < -0.39 is 24.2 Å². The number of aromatic nitrogens is 2. The minimum absolute atomic E-state index is 0.177. The molecule has 286 valence electrons. The number of carbonyl (C=O) groups excluding carboxylic acids is 2. The van der Waals surface area contributed by atoms with Crippen LogP contribution in [0.1, 0.15) is 30.7 Å². The van der Waals surface area contributed by atoms with Crippen molar-refractivity contribution in [3.05, 3.63) is 119 Å². The normalized spacial score (nSPS) is 16.0. The van der Waals surface area contributed by atoms with Crippen LogP contribution in [0, 0.1) is 0 Å². The van der Waals surface area contributed by atoms with Gasteiger partial charge in [-0.15, -0.1) is 0 Å². The summed E-state index contributed by atoms with van der Waals surface area (Å²) in [6.45, 7) is 7.19. The molecule has 55 heavy (non-hydrogen) atoms. The molecule has 14 heteroatoms. The van der Waals surface area contributed by atoms with E-state index in [4.69, 9.17) is 32.9 Å². The monoisotopic (exact) mass is 815 g/mol. The maximum Gasteiger partial charge on any atom is 0.331 e. The maximum absolute atomic E-state index is 13.4. The van der Waals surface area contributed by atoms with Crippen molar-refractivity contribution in [2.45, 2.75) is 51.4 Å². The standard InChI is InChI=1S/C41H43Cl2N5O5SSi/c1-55(2,3)23-22-53-28-48-41(50)27-47(54(48,51)52)35-18-16-34(17-19-35)46-26-38(36-20-13-32(42)25-37(36)43)44-39(46)24-29-7-9-30(10-8-29)31-11-14-33(15-12-31)45-21-5-4-6-40(45)49/h7-20,25-26H,4-6,21-24,27-28H2,1-3H3. The molecule has 0 unspecified atom stereocenters. The number of carbonyl (C=O) groups is 2. The number of halogens is 2. The Kier molecular flexibility index (Phi) is 11.3. The highest BCUT2D eigenvalue weighted by Gasteiger charge is 2.42. The molecule has 10 nitrogen and oxygen atoms in total. The molecule has 0 saturated carbocycles. The van der Waals surface area contributed by atoms with E-state index in [1.165, 1.54) is 0 Å². The Balaban J connectivity index is 1.12. The Morgan fingerprint density at radius 3 is 2.11 bits per heavy atom. The van der Waals surface area contributed by atoms with E-state index in [0.29, 0.717) is 40.9 Å². The number of anilines is 2. The van der Waals surface area contributed by atoms with Crippen LogP contribution in [-0.4, -0.2) is 68.6 Å². The summed E-state index contributed by atoms with van der Waals surface area (Å²) in [5.74, 6) is 0.383. The van der Waals surface area contributed by atoms with Gasteiger partial charge in [-0.1, -0.05) is 79.2 Å². The van der Waals surface area contributed by atoms with Crippen LogP contribution in [0.5, 0.6) is 0 Å². The van der Waals surface area contributed by atoms with E-state index in [2.05, 4.69) is 56.0 Å². The summed E-state index contributed by atoms with van der Waals surface area (Å²) in [4.78, 5) is 32.1. The van der Waals surface area contributed by atoms with Crippen molar-refractivity contribution < 1.29 is 22.7 Å². The zero-order chi connectivity index (χ0) is 38.9. The Hall–Kier alpha value is -4.46. The molecule has 4 aromatic carbocycles. The van der Waals surface area contributed by atoms with Crippen LogP contribution in [0.25, 0.3) is 28.1 Å². The average molecular weight is 817 g/mol. The van der Waals surface area contributed by atoms with Crippen molar-refractivity contribution >= 4 is 64.7 Å². The SMILES string of the molecule is C[Si](C)(C)CCOCN1C(=O)CN(c2ccc(-n3cc(-c4ccc(Cl)cc4Cl)nc3Cc3ccc(-c4ccc(N5CCCCC5=O)cc4)cc3)cc2)S1(=O)=O. The summed E-state index contributed by atoms with van der Waals surface area (Å²) in [6.07, 6.45) is 4.96. The van der Waals surface area contributed by atoms with Gasteiger partial charge in [0.05, 0.1) is 16.4 Å². The fourth-order valence-electron chi connectivity index (χ4n) is 6.70. The lowest BCUT2D eigenvalue weighted by atomic mass is 10.0. The first kappa shape index (κ1) is 38.8. The molecule has 0 bridgehead atoms. The third-order valence-corrected chi connectivity index (χ3v) is 13.9. The number of piperidine rings is 1. The Morgan fingerprint density at radius 2 is 1.45 bits per heavy atom. The predicted molar refractivity (Wildman–Crippen MR) is 222 cm³/mol. The minimum Gasteiger partial charge on any atom is -0.360 e. The van der Waals surface area contributed by atoms with Gasteiger partial charge in [-0.05, 0) is 90.2 Å². The number of benzene rings is 4. The molecule has 2 saturated heterocycles. The van der Waals surface area contributed by atoms with Gasteiger partial charge in [-0.25, -0.2) is 9.29 Å². The second-order valence-electron chi connectivity index (χ2n) is 15.1. The van der Waals surface area contributed by atoms with Crippen molar-refractivity contribution in [1.82, 2.24) is 13.9 Å². The van der Waals surface area contributed by atoms with Crippen LogP contribution < -0.4 is 9.21 Å². The second-order valence-corrected chi connectivity index (χ2v) is 23.3. The van der Waals surface area contributed by atoms with Crippen LogP contribution >= 0.6 is 23.2 Å². The Bertz CT molecular complexity index is 2310. The van der Waals surface area contributed by atoms with Crippen LogP contribution in [0.4, 0.5) is 11.4 Å². The van der Waals surface area contributed by atoms with Crippen LogP contribution in [-0.2, 0) is 31.0 Å². The number of nitrogens with zero attached hydrogens (tertiary/aromatic N) is 5. The Morgan fingerprint density at radius 1 is 0.800 bits per heavy atom. The zero-order valence-electron chi connectivity index (χ0n) is 31.0. The fraction of sp³-hybridized carbons (Fsp3) is 0.293. The first-order valence-corrected chi connectivity index (χ1v) is 24.2. The summed E-state index contributed by atoms with van der Waals surface area (Å²) < 4.78 is 36.4. The zero-order valence-corrected chi connectivity index (χ0v) is 34.4. The lowest BCUT2D eigenvalue weighted by Gasteiger charge is -2.26. The van der Waals surface area contributed by atoms with E-state index in [-0.39, 0.29) is 19.2 Å². The number of rotatable bonds is 12. The molecule has 0 atom stereocenters. The molecule has 0 radical (unpaired) electrons. The summed E-state index contributed by atoms with van der Waals surface area (Å²) in [5.41, 5.74) is 6.57. The molecular formula is C41H43Cl2N5O5SSi. The highest BCUT2D eigenvalue weighted by atomic mass is 35.5. The summed E-state index contributed by atoms with van der Waals surface area (Å²) in [7, 11) is -5.48. The number of ether oxygens (including phenoxy) is 1. The van der Waals surface area contributed by atoms with Crippen LogP contribution in [0.15, 0.2) is 97.2 Å². The van der Waals surface area contributed by atoms with Crippen molar-refractivity contribution in [3.8, 4) is 28.1 Å². The maximum atomic E-state index is 13.4. The summed E-state index contributed by atoms with van der Waals surface area (Å²) in [5, 5.41) is 0.989. The van der Waals surface area contributed by atoms with E-state index in [0.717, 1.165) is 73.5 Å². The van der Waals surface area contributed by atoms with Gasteiger partial charge in [-0.3, -0.25) is 9.59 Å². The van der Waals surface area contributed by atoms with E-state index in [1.54, 1.807) is 24.3 Å². The molecular weight excluding hydrogens is 774 g/mol. The molecule has 1 aromatic heterocycles. The third-order valence-electron chi connectivity index (χ3n) is 9.87. The van der Waals surface area contributed by atoms with Crippen molar-refractivity contribution in [2.24, 2.45) is 0 Å². The molecule has 3 heterocycles. The van der Waals surface area contributed by atoms with Gasteiger partial charge in [0.15, 0.2) is 0 Å². The van der Waals surface area contributed by atoms with Gasteiger partial charge in [0.2, 0.25) is 5.91 Å². The molecule has 2 aliphatic heterocycles. The van der Waals surface area contributed by atoms with Gasteiger partial charge >= 0.3 is 10.2 Å². The van der Waals surface area contributed by atoms with Gasteiger partial charge in [0, 0.05) is 62.2 Å². The van der Waals surface area contributed by atoms with E-state index >= 15 is 0 Å². The van der Waals surface area contributed by atoms with Gasteiger partial charge in [0.1, 0.15) is 19.1 Å². The first-order chi connectivity index (χ1) is 26.3. The average Bonchev–Trinajstić information content (AvgIpc) is 3.66. The van der Waals surface area contributed by atoms with Crippen molar-refractivity contribution in [1.29, 1.82) is 0 Å². The smallest absolute Gasteiger partial charge is 0.331 e. The van der Waals surface area contributed by atoms with Crippen LogP contribution in [0.2, 0.25) is 35.7 Å². The summed E-state index contributed by atoms with van der Waals surface area (Å²) in [6, 6.07) is 29.6. The van der Waals surface area contributed by atoms with Crippen molar-refractivity contribution in [2.75, 3.05) is 35.6 Å². The number of amides is 2. The Labute approximate surface area is 333 Å². The number of hydrogen-bond donors (Lipinski definition) is 0. The van der Waals surface area contributed by atoms with Crippen molar-refractivity contribution in [3.63, 3.8) is 0 Å². The molecule has 0 N–H and O–H groups in total. The molecule has 7 rings (SSSR count). The van der Waals surface area contributed by atoms with Gasteiger partial charge < -0.3 is 14.2 Å². The van der Waals surface area contributed by atoms with E-state index in [9.17, 15) is 18.0 Å². The number of hydrogen-bond acceptors (Lipinski definition) is 6. The molecule has 2 aliphatic rings. The third kappa shape index (κ3) is 8.68. The molecule has 0 spiro atoms. The summed E-state index contributed by atoms with van der Waals surface area (Å²) >= 11 is 12.8. The fourth-order valence-corrected chi connectivity index (χ4v) is 9.39. The van der Waals surface area contributed by atoms with E-state index in [1.807, 2.05) is 46.0 Å². The minimum atomic E-state index is -4.10. The molecule has 5 aromatic rings. The highest BCUT2D eigenvalue weighted by Crippen LogP contribution is 2.33. The van der Waals surface area contributed by atoms with Gasteiger partial charge in [0.25, 0.3) is 5.91 Å². The lowest BCUT2D eigenvalue weighted by Crippen LogP contribution is -2.36. The van der Waals surface area contributed by atoms with Gasteiger partial charge in [-0.2, -0.15) is 12.7 Å². The first-order valence-electron chi connectivity index (χ1n) is 18.3. The molecule has 2 fully saturated rings. The lowest BCUT2D eigenvalue weighted by molar-refractivity contribution is -0.127. The second kappa shape index (κ2) is 16.0. The predicted octanol–water partition coefficient (Wildman–Crippen LogP) is 8.83. The van der Waals surface area contributed by atoms with Crippen LogP contribution in [0.3, 0.4) is 0 Å². The topological polar surface area (TPSA) is 105 Å². The quantitative estimate of drug-likeness (QED) is 0.0921. The molecule has 0 aliphatic carbocycles. The number of imidazole rings is 1. The molecule has 2 amide bonds.